The van der Waals surface area contributed by atoms with Crippen molar-refractivity contribution in [3.8, 4) is 0 Å². The summed E-state index contributed by atoms with van der Waals surface area (Å²) in [4.78, 5) is 26.3. The molecule has 0 saturated carbocycles. The van der Waals surface area contributed by atoms with Crippen LogP contribution in [0.3, 0.4) is 0 Å². The van der Waals surface area contributed by atoms with Crippen LogP contribution in [0.4, 0.5) is 5.82 Å². The first-order chi connectivity index (χ1) is 14.7. The normalized spacial score (nSPS) is 27.8. The molecule has 4 heterocycles. The van der Waals surface area contributed by atoms with Crippen LogP contribution in [-0.4, -0.2) is 85.1 Å². The van der Waals surface area contributed by atoms with Gasteiger partial charge in [0.25, 0.3) is 0 Å². The van der Waals surface area contributed by atoms with Gasteiger partial charge < -0.3 is 44.1 Å². The van der Waals surface area contributed by atoms with Gasteiger partial charge in [0.15, 0.2) is 6.23 Å². The highest BCUT2D eigenvalue weighted by Crippen LogP contribution is 2.36. The highest BCUT2D eigenvalue weighted by Gasteiger charge is 2.44. The maximum atomic E-state index is 10.9. The van der Waals surface area contributed by atoms with Crippen molar-refractivity contribution in [2.24, 2.45) is 0 Å². The topological polar surface area (TPSA) is 168 Å². The minimum absolute atomic E-state index is 0.0107. The molecule has 172 valence electrons. The predicted molar refractivity (Wildman–Crippen MR) is 109 cm³/mol. The van der Waals surface area contributed by atoms with Gasteiger partial charge in [-0.25, -0.2) is 4.98 Å². The van der Waals surface area contributed by atoms with Gasteiger partial charge in [0.2, 0.25) is 5.28 Å². The monoisotopic (exact) mass is 478 g/mol. The SMILES string of the molecule is O=P(O)(O)COC[C@H]1O[C@@H](n2ccc3c(NC4CCOCC4)nc(Cl)nc32)[C@H](O)[C@@H]1O. The summed E-state index contributed by atoms with van der Waals surface area (Å²) in [5, 5.41) is 24.9. The van der Waals surface area contributed by atoms with E-state index in [2.05, 4.69) is 15.3 Å². The average molecular weight is 479 g/mol. The second-order valence-corrected chi connectivity index (χ2v) is 9.47. The van der Waals surface area contributed by atoms with Gasteiger partial charge >= 0.3 is 7.60 Å². The van der Waals surface area contributed by atoms with E-state index in [-0.39, 0.29) is 17.9 Å². The number of hydrogen-bond donors (Lipinski definition) is 5. The summed E-state index contributed by atoms with van der Waals surface area (Å²) in [6, 6.07) is 1.94. The molecule has 0 radical (unpaired) electrons. The maximum Gasteiger partial charge on any atom is 0.350 e. The lowest BCUT2D eigenvalue weighted by molar-refractivity contribution is -0.0610. The molecule has 0 aromatic carbocycles. The maximum absolute atomic E-state index is 10.9. The zero-order chi connectivity index (χ0) is 22.2. The van der Waals surface area contributed by atoms with Crippen molar-refractivity contribution >= 4 is 36.0 Å². The third kappa shape index (κ3) is 5.19. The molecule has 5 N–H and O–H groups in total. The summed E-state index contributed by atoms with van der Waals surface area (Å²) in [5.74, 6) is 0.551. The molecule has 2 aromatic rings. The lowest BCUT2D eigenvalue weighted by Gasteiger charge is -2.24. The van der Waals surface area contributed by atoms with Crippen molar-refractivity contribution in [3.63, 3.8) is 0 Å². The number of ether oxygens (including phenoxy) is 3. The second-order valence-electron chi connectivity index (χ2n) is 7.54. The third-order valence-electron chi connectivity index (χ3n) is 5.26. The van der Waals surface area contributed by atoms with Crippen LogP contribution in [0.5, 0.6) is 0 Å². The summed E-state index contributed by atoms with van der Waals surface area (Å²) in [6.07, 6.45) is -2.13. The zero-order valence-corrected chi connectivity index (χ0v) is 18.0. The van der Waals surface area contributed by atoms with E-state index in [9.17, 15) is 14.8 Å². The Morgan fingerprint density at radius 3 is 2.71 bits per heavy atom. The molecule has 0 bridgehead atoms. The van der Waals surface area contributed by atoms with E-state index in [0.29, 0.717) is 30.1 Å². The number of nitrogens with zero attached hydrogens (tertiary/aromatic N) is 3. The van der Waals surface area contributed by atoms with Gasteiger partial charge in [-0.15, -0.1) is 0 Å². The van der Waals surface area contributed by atoms with Crippen molar-refractivity contribution in [1.29, 1.82) is 0 Å². The van der Waals surface area contributed by atoms with Crippen LogP contribution in [0.25, 0.3) is 11.0 Å². The number of nitrogens with one attached hydrogen (secondary N) is 1. The van der Waals surface area contributed by atoms with Crippen LogP contribution < -0.4 is 5.32 Å². The molecule has 14 heteroatoms. The first-order valence-corrected chi connectivity index (χ1v) is 11.9. The molecule has 2 aliphatic rings. The number of aliphatic hydroxyl groups excluding tert-OH is 2. The lowest BCUT2D eigenvalue weighted by atomic mass is 10.1. The van der Waals surface area contributed by atoms with Crippen molar-refractivity contribution in [2.75, 3.05) is 31.5 Å². The molecule has 0 aliphatic carbocycles. The van der Waals surface area contributed by atoms with E-state index in [0.717, 1.165) is 12.8 Å². The Hall–Kier alpha value is -1.34. The smallest absolute Gasteiger partial charge is 0.350 e. The molecule has 31 heavy (non-hydrogen) atoms. The lowest BCUT2D eigenvalue weighted by Crippen LogP contribution is -2.33. The van der Waals surface area contributed by atoms with Crippen molar-refractivity contribution < 1.29 is 38.8 Å². The zero-order valence-electron chi connectivity index (χ0n) is 16.4. The number of anilines is 1. The van der Waals surface area contributed by atoms with E-state index >= 15 is 0 Å². The molecule has 2 saturated heterocycles. The fourth-order valence-electron chi connectivity index (χ4n) is 3.74. The second kappa shape index (κ2) is 9.26. The summed E-state index contributed by atoms with van der Waals surface area (Å²) in [6.45, 7) is 1.02. The number of hydrogen-bond acceptors (Lipinski definition) is 9. The van der Waals surface area contributed by atoms with E-state index in [1.54, 1.807) is 12.3 Å². The van der Waals surface area contributed by atoms with Crippen LogP contribution >= 0.6 is 19.2 Å². The van der Waals surface area contributed by atoms with E-state index in [4.69, 9.17) is 35.6 Å². The Kier molecular flexibility index (Phi) is 6.82. The van der Waals surface area contributed by atoms with E-state index < -0.39 is 38.5 Å². The van der Waals surface area contributed by atoms with Gasteiger partial charge in [0.05, 0.1) is 12.0 Å². The van der Waals surface area contributed by atoms with Crippen LogP contribution in [0.2, 0.25) is 5.28 Å². The van der Waals surface area contributed by atoms with E-state index in [1.165, 1.54) is 4.57 Å². The van der Waals surface area contributed by atoms with Crippen LogP contribution in [0.15, 0.2) is 12.3 Å². The highest BCUT2D eigenvalue weighted by molar-refractivity contribution is 7.51. The Morgan fingerprint density at radius 2 is 2.00 bits per heavy atom. The average Bonchev–Trinajstić information content (AvgIpc) is 3.24. The molecular formula is C17H24ClN4O8P. The fraction of sp³-hybridized carbons (Fsp3) is 0.647. The van der Waals surface area contributed by atoms with E-state index in [1.807, 2.05) is 0 Å². The fourth-order valence-corrected chi connectivity index (χ4v) is 4.25. The van der Waals surface area contributed by atoms with Gasteiger partial charge in [-0.2, -0.15) is 4.98 Å². The molecule has 0 amide bonds. The minimum atomic E-state index is -4.35. The summed E-state index contributed by atoms with van der Waals surface area (Å²) in [7, 11) is -4.35. The molecular weight excluding hydrogens is 455 g/mol. The Balaban J connectivity index is 1.54. The molecule has 2 aromatic heterocycles. The number of rotatable bonds is 7. The summed E-state index contributed by atoms with van der Waals surface area (Å²) >= 11 is 6.14. The number of aliphatic hydroxyl groups is 2. The van der Waals surface area contributed by atoms with Gasteiger partial charge in [-0.05, 0) is 30.5 Å². The molecule has 0 unspecified atom stereocenters. The molecule has 4 rings (SSSR count). The number of fused-ring (bicyclic) bond motifs is 1. The van der Waals surface area contributed by atoms with Crippen molar-refractivity contribution in [2.45, 2.75) is 43.4 Å². The molecule has 0 spiro atoms. The standard InChI is InChI=1S/C17H24ClN4O8P/c18-17-20-14(19-9-2-5-28-6-3-9)10-1-4-22(15(10)21-17)16-13(24)12(23)11(30-16)7-29-8-31(25,26)27/h1,4,9,11-13,16,23-24H,2-3,5-8H2,(H,19,20,21)(H2,25,26,27)/t11-,12-,13-,16-/m1/s1. The third-order valence-corrected chi connectivity index (χ3v) is 5.95. The quantitative estimate of drug-likeness (QED) is 0.276. The predicted octanol–water partition coefficient (Wildman–Crippen LogP) is 0.447. The van der Waals surface area contributed by atoms with Gasteiger partial charge in [-0.3, -0.25) is 4.57 Å². The van der Waals surface area contributed by atoms with Crippen LogP contribution in [0, 0.1) is 0 Å². The van der Waals surface area contributed by atoms with Gasteiger partial charge in [0, 0.05) is 25.5 Å². The first-order valence-electron chi connectivity index (χ1n) is 9.75. The van der Waals surface area contributed by atoms with Crippen molar-refractivity contribution in [3.05, 3.63) is 17.5 Å². The molecule has 2 fully saturated rings. The van der Waals surface area contributed by atoms with Gasteiger partial charge in [0.1, 0.15) is 36.1 Å². The molecule has 2 aliphatic heterocycles. The van der Waals surface area contributed by atoms with Crippen molar-refractivity contribution in [1.82, 2.24) is 14.5 Å². The Labute approximate surface area is 182 Å². The summed E-state index contributed by atoms with van der Waals surface area (Å²) in [5.41, 5.74) is 0.405. The Morgan fingerprint density at radius 1 is 1.26 bits per heavy atom. The molecule has 12 nitrogen and oxygen atoms in total. The molecule has 4 atom stereocenters. The van der Waals surface area contributed by atoms with Gasteiger partial charge in [-0.1, -0.05) is 0 Å². The summed E-state index contributed by atoms with van der Waals surface area (Å²) < 4.78 is 28.5. The minimum Gasteiger partial charge on any atom is -0.387 e. The highest BCUT2D eigenvalue weighted by atomic mass is 35.5. The first kappa shape index (κ1) is 22.8. The van der Waals surface area contributed by atoms with Crippen LogP contribution in [0.1, 0.15) is 19.1 Å². The largest absolute Gasteiger partial charge is 0.387 e. The number of halogens is 1. The number of aromatic nitrogens is 3. The Bertz CT molecular complexity index is 965. The van der Waals surface area contributed by atoms with Crippen LogP contribution in [-0.2, 0) is 18.8 Å².